The van der Waals surface area contributed by atoms with Gasteiger partial charge in [-0.3, -0.25) is 4.79 Å². The van der Waals surface area contributed by atoms with Crippen molar-refractivity contribution in [3.05, 3.63) is 30.0 Å². The number of aromatic nitrogens is 1. The molecule has 0 aliphatic heterocycles. The van der Waals surface area contributed by atoms with Gasteiger partial charge >= 0.3 is 0 Å². The first kappa shape index (κ1) is 18.3. The second kappa shape index (κ2) is 7.37. The zero-order valence-corrected chi connectivity index (χ0v) is 15.5. The lowest BCUT2D eigenvalue weighted by Gasteiger charge is -2.17. The van der Waals surface area contributed by atoms with E-state index in [2.05, 4.69) is 10.5 Å². The van der Waals surface area contributed by atoms with Gasteiger partial charge in [-0.2, -0.15) is 0 Å². The number of carbonyl (C=O) groups excluding carboxylic acids is 1. The molecular formula is C19H24N2O5. The maximum absolute atomic E-state index is 12.7. The van der Waals surface area contributed by atoms with Gasteiger partial charge in [0.2, 0.25) is 5.91 Å². The first-order valence-electron chi connectivity index (χ1n) is 8.53. The molecule has 2 aromatic rings. The Labute approximate surface area is 152 Å². The number of methoxy groups -OCH3 is 3. The molecule has 1 aliphatic carbocycles. The molecule has 1 amide bonds. The molecule has 1 aromatic heterocycles. The number of amides is 1. The molecule has 0 saturated heterocycles. The van der Waals surface area contributed by atoms with Gasteiger partial charge in [0.1, 0.15) is 0 Å². The van der Waals surface area contributed by atoms with Crippen LogP contribution in [0.5, 0.6) is 11.5 Å². The van der Waals surface area contributed by atoms with Gasteiger partial charge in [-0.1, -0.05) is 5.16 Å². The van der Waals surface area contributed by atoms with Crippen LogP contribution in [0.1, 0.15) is 25.5 Å². The molecule has 1 N–H and O–H groups in total. The fraction of sp³-hybridized carbons (Fsp3) is 0.474. The number of benzene rings is 1. The van der Waals surface area contributed by atoms with Crippen LogP contribution in [-0.2, 0) is 14.9 Å². The summed E-state index contributed by atoms with van der Waals surface area (Å²) in [6, 6.07) is 7.27. The molecule has 0 spiro atoms. The monoisotopic (exact) mass is 360 g/mol. The van der Waals surface area contributed by atoms with Gasteiger partial charge < -0.3 is 24.1 Å². The van der Waals surface area contributed by atoms with Crippen molar-refractivity contribution in [3.63, 3.8) is 0 Å². The molecule has 7 nitrogen and oxygen atoms in total. The molecule has 1 aliphatic rings. The molecule has 1 saturated carbocycles. The third-order valence-electron chi connectivity index (χ3n) is 4.65. The van der Waals surface area contributed by atoms with Crippen LogP contribution < -0.4 is 14.8 Å². The van der Waals surface area contributed by atoms with E-state index >= 15 is 0 Å². The third-order valence-corrected chi connectivity index (χ3v) is 4.65. The first-order valence-corrected chi connectivity index (χ1v) is 8.53. The van der Waals surface area contributed by atoms with Gasteiger partial charge in [0.25, 0.3) is 0 Å². The number of hydrogen-bond donors (Lipinski definition) is 1. The molecule has 0 radical (unpaired) electrons. The molecule has 26 heavy (non-hydrogen) atoms. The quantitative estimate of drug-likeness (QED) is 0.779. The molecule has 1 unspecified atom stereocenters. The molecule has 7 heteroatoms. The van der Waals surface area contributed by atoms with Crippen LogP contribution in [0.2, 0.25) is 0 Å². The Hall–Kier alpha value is -2.54. The van der Waals surface area contributed by atoms with Crippen molar-refractivity contribution in [2.45, 2.75) is 31.2 Å². The SMILES string of the molecule is COCC(C)NC(=O)C1(c2cc(-c3ccc(OC)c(OC)c3)on2)CC1. The summed E-state index contributed by atoms with van der Waals surface area (Å²) in [6.45, 7) is 2.38. The van der Waals surface area contributed by atoms with E-state index in [9.17, 15) is 4.79 Å². The average molecular weight is 360 g/mol. The van der Waals surface area contributed by atoms with Gasteiger partial charge in [-0.05, 0) is 38.0 Å². The number of rotatable bonds is 8. The van der Waals surface area contributed by atoms with Gasteiger partial charge in [-0.15, -0.1) is 0 Å². The van der Waals surface area contributed by atoms with Crippen molar-refractivity contribution in [2.24, 2.45) is 0 Å². The lowest BCUT2D eigenvalue weighted by Crippen LogP contribution is -2.42. The number of hydrogen-bond acceptors (Lipinski definition) is 6. The largest absolute Gasteiger partial charge is 0.493 e. The van der Waals surface area contributed by atoms with E-state index in [0.717, 1.165) is 18.4 Å². The maximum atomic E-state index is 12.7. The summed E-state index contributed by atoms with van der Waals surface area (Å²) < 4.78 is 21.2. The Morgan fingerprint density at radius 3 is 2.58 bits per heavy atom. The highest BCUT2D eigenvalue weighted by Gasteiger charge is 2.54. The van der Waals surface area contributed by atoms with Crippen LogP contribution >= 0.6 is 0 Å². The first-order chi connectivity index (χ1) is 12.5. The normalized spacial score (nSPS) is 16.0. The van der Waals surface area contributed by atoms with Crippen LogP contribution in [0.25, 0.3) is 11.3 Å². The highest BCUT2D eigenvalue weighted by molar-refractivity contribution is 5.91. The summed E-state index contributed by atoms with van der Waals surface area (Å²) in [4.78, 5) is 12.7. The molecular weight excluding hydrogens is 336 g/mol. The predicted octanol–water partition coefficient (Wildman–Crippen LogP) is 2.54. The Morgan fingerprint density at radius 1 is 1.23 bits per heavy atom. The van der Waals surface area contributed by atoms with E-state index in [1.807, 2.05) is 31.2 Å². The van der Waals surface area contributed by atoms with Gasteiger partial charge in [0, 0.05) is 24.8 Å². The Bertz CT molecular complexity index is 782. The van der Waals surface area contributed by atoms with Crippen molar-refractivity contribution in [1.29, 1.82) is 0 Å². The van der Waals surface area contributed by atoms with Crippen molar-refractivity contribution < 1.29 is 23.5 Å². The number of ether oxygens (including phenoxy) is 3. The topological polar surface area (TPSA) is 82.8 Å². The number of nitrogens with one attached hydrogen (secondary N) is 1. The summed E-state index contributed by atoms with van der Waals surface area (Å²) in [5, 5.41) is 7.14. The Balaban J connectivity index is 1.80. The van der Waals surface area contributed by atoms with Crippen molar-refractivity contribution >= 4 is 5.91 Å². The zero-order valence-electron chi connectivity index (χ0n) is 15.5. The van der Waals surface area contributed by atoms with Gasteiger partial charge in [0.05, 0.1) is 31.9 Å². The lowest BCUT2D eigenvalue weighted by molar-refractivity contribution is -0.124. The molecule has 1 atom stereocenters. The molecule has 1 fully saturated rings. The summed E-state index contributed by atoms with van der Waals surface area (Å²) in [7, 11) is 4.78. The van der Waals surface area contributed by atoms with Crippen molar-refractivity contribution in [2.75, 3.05) is 27.9 Å². The highest BCUT2D eigenvalue weighted by Crippen LogP contribution is 2.48. The second-order valence-electron chi connectivity index (χ2n) is 6.56. The van der Waals surface area contributed by atoms with Crippen molar-refractivity contribution in [3.8, 4) is 22.8 Å². The fourth-order valence-electron chi connectivity index (χ4n) is 3.00. The molecule has 3 rings (SSSR count). The minimum atomic E-state index is -0.597. The standard InChI is InChI=1S/C19H24N2O5/c1-12(11-23-2)20-18(22)19(7-8-19)17-10-15(26-21-17)13-5-6-14(24-3)16(9-13)25-4/h5-6,9-10,12H,7-8,11H2,1-4H3,(H,20,22). The smallest absolute Gasteiger partial charge is 0.232 e. The van der Waals surface area contributed by atoms with E-state index in [1.54, 1.807) is 21.3 Å². The maximum Gasteiger partial charge on any atom is 0.232 e. The zero-order chi connectivity index (χ0) is 18.7. The van der Waals surface area contributed by atoms with Crippen LogP contribution in [0.15, 0.2) is 28.8 Å². The summed E-state index contributed by atoms with van der Waals surface area (Å²) >= 11 is 0. The Morgan fingerprint density at radius 2 is 1.96 bits per heavy atom. The average Bonchev–Trinajstić information content (AvgIpc) is 3.31. The number of carbonyl (C=O) groups is 1. The molecule has 0 bridgehead atoms. The minimum Gasteiger partial charge on any atom is -0.493 e. The van der Waals surface area contributed by atoms with Gasteiger partial charge in [0.15, 0.2) is 17.3 Å². The van der Waals surface area contributed by atoms with E-state index in [4.69, 9.17) is 18.7 Å². The van der Waals surface area contributed by atoms with Crippen LogP contribution in [0.3, 0.4) is 0 Å². The van der Waals surface area contributed by atoms with Crippen LogP contribution in [0.4, 0.5) is 0 Å². The number of nitrogens with zero attached hydrogens (tertiary/aromatic N) is 1. The summed E-state index contributed by atoms with van der Waals surface area (Å²) in [6.07, 6.45) is 1.52. The minimum absolute atomic E-state index is 0.0331. The van der Waals surface area contributed by atoms with Crippen LogP contribution in [-0.4, -0.2) is 45.0 Å². The molecule has 1 aromatic carbocycles. The highest BCUT2D eigenvalue weighted by atomic mass is 16.5. The lowest BCUT2D eigenvalue weighted by atomic mass is 10.00. The summed E-state index contributed by atoms with van der Waals surface area (Å²) in [5.74, 6) is 1.80. The summed E-state index contributed by atoms with van der Waals surface area (Å²) in [5.41, 5.74) is 0.870. The van der Waals surface area contributed by atoms with E-state index in [0.29, 0.717) is 29.6 Å². The third kappa shape index (κ3) is 3.39. The van der Waals surface area contributed by atoms with E-state index < -0.39 is 5.41 Å². The van der Waals surface area contributed by atoms with E-state index in [-0.39, 0.29) is 11.9 Å². The fourth-order valence-corrected chi connectivity index (χ4v) is 3.00. The Kier molecular flexibility index (Phi) is 5.18. The molecule has 1 heterocycles. The second-order valence-corrected chi connectivity index (χ2v) is 6.56. The van der Waals surface area contributed by atoms with E-state index in [1.165, 1.54) is 0 Å². The predicted molar refractivity (Wildman–Crippen MR) is 95.4 cm³/mol. The van der Waals surface area contributed by atoms with Crippen molar-refractivity contribution in [1.82, 2.24) is 10.5 Å². The molecule has 140 valence electrons. The van der Waals surface area contributed by atoms with Crippen LogP contribution in [0, 0.1) is 0 Å². The van der Waals surface area contributed by atoms with Gasteiger partial charge in [-0.25, -0.2) is 0 Å².